The van der Waals surface area contributed by atoms with Crippen molar-refractivity contribution in [3.05, 3.63) is 11.7 Å². The van der Waals surface area contributed by atoms with Gasteiger partial charge in [-0.15, -0.1) is 0 Å². The minimum atomic E-state index is 0.446. The molecule has 13 heavy (non-hydrogen) atoms. The molecule has 74 valence electrons. The van der Waals surface area contributed by atoms with Crippen LogP contribution < -0.4 is 5.32 Å². The molecule has 1 N–H and O–H groups in total. The lowest BCUT2D eigenvalue weighted by Gasteiger charge is -2.02. The van der Waals surface area contributed by atoms with Crippen LogP contribution in [0.3, 0.4) is 0 Å². The second kappa shape index (κ2) is 4.97. The van der Waals surface area contributed by atoms with Gasteiger partial charge in [0.1, 0.15) is 0 Å². The molecule has 0 radical (unpaired) electrons. The number of hydrogen-bond donors (Lipinski definition) is 1. The maximum absolute atomic E-state index is 5.04. The zero-order chi connectivity index (χ0) is 9.68. The first-order valence-electron chi connectivity index (χ1n) is 4.77. The van der Waals surface area contributed by atoms with Crippen molar-refractivity contribution in [2.45, 2.75) is 46.2 Å². The highest BCUT2D eigenvalue weighted by molar-refractivity contribution is 4.85. The highest BCUT2D eigenvalue weighted by Crippen LogP contribution is 1.99. The second-order valence-electron chi connectivity index (χ2n) is 3.39. The summed E-state index contributed by atoms with van der Waals surface area (Å²) in [4.78, 5) is 4.23. The summed E-state index contributed by atoms with van der Waals surface area (Å²) in [5.41, 5.74) is 0. The minimum absolute atomic E-state index is 0.446. The number of aromatic nitrogens is 2. The van der Waals surface area contributed by atoms with Crippen molar-refractivity contribution in [2.24, 2.45) is 0 Å². The Balaban J connectivity index is 2.39. The predicted octanol–water partition coefficient (Wildman–Crippen LogP) is 1.52. The Morgan fingerprint density at radius 3 is 2.85 bits per heavy atom. The summed E-state index contributed by atoms with van der Waals surface area (Å²) in [6.07, 6.45) is 1.95. The second-order valence-corrected chi connectivity index (χ2v) is 3.39. The molecule has 1 aromatic heterocycles. The fourth-order valence-corrected chi connectivity index (χ4v) is 0.979. The lowest BCUT2D eigenvalue weighted by Crippen LogP contribution is -2.21. The van der Waals surface area contributed by atoms with Gasteiger partial charge in [0.15, 0.2) is 5.82 Å². The summed E-state index contributed by atoms with van der Waals surface area (Å²) in [5, 5.41) is 7.08. The highest BCUT2D eigenvalue weighted by Gasteiger charge is 2.04. The molecule has 0 spiro atoms. The summed E-state index contributed by atoms with van der Waals surface area (Å²) in [5.74, 6) is 1.49. The van der Waals surface area contributed by atoms with Crippen LogP contribution in [-0.4, -0.2) is 16.2 Å². The van der Waals surface area contributed by atoms with Crippen LogP contribution in [0.4, 0.5) is 0 Å². The van der Waals surface area contributed by atoms with Crippen LogP contribution in [-0.2, 0) is 13.0 Å². The molecule has 0 aliphatic heterocycles. The third-order valence-corrected chi connectivity index (χ3v) is 1.65. The minimum Gasteiger partial charge on any atom is -0.338 e. The van der Waals surface area contributed by atoms with E-state index in [1.165, 1.54) is 0 Å². The van der Waals surface area contributed by atoms with E-state index in [4.69, 9.17) is 4.52 Å². The summed E-state index contributed by atoms with van der Waals surface area (Å²) >= 11 is 0. The smallest absolute Gasteiger partial charge is 0.240 e. The molecule has 0 saturated heterocycles. The highest BCUT2D eigenvalue weighted by atomic mass is 16.5. The normalized spacial score (nSPS) is 11.1. The Labute approximate surface area is 78.7 Å². The van der Waals surface area contributed by atoms with Crippen LogP contribution in [0.1, 0.15) is 38.9 Å². The summed E-state index contributed by atoms with van der Waals surface area (Å²) < 4.78 is 5.04. The summed E-state index contributed by atoms with van der Waals surface area (Å²) in [6, 6.07) is 0.446. The maximum Gasteiger partial charge on any atom is 0.240 e. The van der Waals surface area contributed by atoms with Gasteiger partial charge in [0.05, 0.1) is 6.54 Å². The molecule has 0 aromatic carbocycles. The van der Waals surface area contributed by atoms with Gasteiger partial charge in [-0.3, -0.25) is 0 Å². The average molecular weight is 183 g/mol. The molecule has 0 bridgehead atoms. The molecule has 0 amide bonds. The molecule has 0 atom stereocenters. The van der Waals surface area contributed by atoms with E-state index in [9.17, 15) is 0 Å². The number of hydrogen-bond acceptors (Lipinski definition) is 4. The Bertz CT molecular complexity index is 245. The van der Waals surface area contributed by atoms with Crippen LogP contribution in [0.15, 0.2) is 4.52 Å². The Kier molecular flexibility index (Phi) is 3.89. The van der Waals surface area contributed by atoms with Gasteiger partial charge >= 0.3 is 0 Å². The van der Waals surface area contributed by atoms with Gasteiger partial charge in [-0.1, -0.05) is 25.9 Å². The largest absolute Gasteiger partial charge is 0.338 e. The molecule has 0 saturated carbocycles. The van der Waals surface area contributed by atoms with Gasteiger partial charge in [0, 0.05) is 12.5 Å². The van der Waals surface area contributed by atoms with Gasteiger partial charge < -0.3 is 9.84 Å². The van der Waals surface area contributed by atoms with E-state index in [-0.39, 0.29) is 0 Å². The van der Waals surface area contributed by atoms with Crippen LogP contribution >= 0.6 is 0 Å². The first kappa shape index (κ1) is 10.2. The third-order valence-electron chi connectivity index (χ3n) is 1.65. The fourth-order valence-electron chi connectivity index (χ4n) is 0.979. The fraction of sp³-hybridized carbons (Fsp3) is 0.778. The lowest BCUT2D eigenvalue weighted by molar-refractivity contribution is 0.357. The van der Waals surface area contributed by atoms with E-state index in [1.54, 1.807) is 0 Å². The van der Waals surface area contributed by atoms with Crippen molar-refractivity contribution in [1.82, 2.24) is 15.5 Å². The first-order chi connectivity index (χ1) is 6.22. The lowest BCUT2D eigenvalue weighted by atomic mass is 10.3. The number of rotatable bonds is 5. The number of nitrogens with one attached hydrogen (secondary N) is 1. The Hall–Kier alpha value is -0.900. The van der Waals surface area contributed by atoms with Crippen molar-refractivity contribution in [3.63, 3.8) is 0 Å². The third kappa shape index (κ3) is 3.55. The van der Waals surface area contributed by atoms with Gasteiger partial charge in [0.25, 0.3) is 0 Å². The van der Waals surface area contributed by atoms with Crippen LogP contribution in [0.2, 0.25) is 0 Å². The molecule has 1 aromatic rings. The van der Waals surface area contributed by atoms with E-state index in [0.717, 1.165) is 18.7 Å². The first-order valence-corrected chi connectivity index (χ1v) is 4.77. The van der Waals surface area contributed by atoms with Crippen molar-refractivity contribution in [1.29, 1.82) is 0 Å². The number of aryl methyl sites for hydroxylation is 1. The Morgan fingerprint density at radius 2 is 2.23 bits per heavy atom. The van der Waals surface area contributed by atoms with E-state index in [0.29, 0.717) is 18.5 Å². The average Bonchev–Trinajstić information content (AvgIpc) is 2.50. The van der Waals surface area contributed by atoms with Gasteiger partial charge in [-0.25, -0.2) is 0 Å². The van der Waals surface area contributed by atoms with E-state index in [2.05, 4.69) is 36.2 Å². The van der Waals surface area contributed by atoms with Crippen molar-refractivity contribution < 1.29 is 4.52 Å². The van der Waals surface area contributed by atoms with Crippen molar-refractivity contribution in [3.8, 4) is 0 Å². The molecule has 1 rings (SSSR count). The zero-order valence-corrected chi connectivity index (χ0v) is 8.50. The van der Waals surface area contributed by atoms with Crippen molar-refractivity contribution >= 4 is 0 Å². The van der Waals surface area contributed by atoms with Gasteiger partial charge in [0.2, 0.25) is 5.89 Å². The molecular formula is C9H17N3O. The monoisotopic (exact) mass is 183 g/mol. The van der Waals surface area contributed by atoms with E-state index >= 15 is 0 Å². The molecule has 0 unspecified atom stereocenters. The quantitative estimate of drug-likeness (QED) is 0.752. The molecule has 4 heteroatoms. The SMILES string of the molecule is CCCc1noc(CNC(C)C)n1. The zero-order valence-electron chi connectivity index (χ0n) is 8.50. The van der Waals surface area contributed by atoms with Gasteiger partial charge in [-0.05, 0) is 6.42 Å². The van der Waals surface area contributed by atoms with Gasteiger partial charge in [-0.2, -0.15) is 4.98 Å². The number of nitrogens with zero attached hydrogens (tertiary/aromatic N) is 2. The molecule has 0 fully saturated rings. The van der Waals surface area contributed by atoms with E-state index < -0.39 is 0 Å². The maximum atomic E-state index is 5.04. The van der Waals surface area contributed by atoms with Crippen LogP contribution in [0, 0.1) is 0 Å². The van der Waals surface area contributed by atoms with Crippen LogP contribution in [0.5, 0.6) is 0 Å². The summed E-state index contributed by atoms with van der Waals surface area (Å²) in [7, 11) is 0. The topological polar surface area (TPSA) is 51.0 Å². The standard InChI is InChI=1S/C9H17N3O/c1-4-5-8-11-9(13-12-8)6-10-7(2)3/h7,10H,4-6H2,1-3H3. The molecule has 1 heterocycles. The van der Waals surface area contributed by atoms with E-state index in [1.807, 2.05) is 0 Å². The molecule has 4 nitrogen and oxygen atoms in total. The molecular weight excluding hydrogens is 166 g/mol. The summed E-state index contributed by atoms with van der Waals surface area (Å²) in [6.45, 7) is 6.93. The Morgan fingerprint density at radius 1 is 1.46 bits per heavy atom. The van der Waals surface area contributed by atoms with Crippen LogP contribution in [0.25, 0.3) is 0 Å². The molecule has 0 aliphatic carbocycles. The molecule has 0 aliphatic rings. The van der Waals surface area contributed by atoms with Crippen molar-refractivity contribution in [2.75, 3.05) is 0 Å². The predicted molar refractivity (Wildman–Crippen MR) is 50.3 cm³/mol.